The molecule has 3 heteroatoms. The minimum atomic E-state index is -0.0180. The highest BCUT2D eigenvalue weighted by atomic mass is 16.7. The third kappa shape index (κ3) is 5.31. The minimum absolute atomic E-state index is 0.0180. The summed E-state index contributed by atoms with van der Waals surface area (Å²) in [5.41, 5.74) is 5.29. The predicted octanol–water partition coefficient (Wildman–Crippen LogP) is 3.52. The molecule has 2 atom stereocenters. The zero-order valence-electron chi connectivity index (χ0n) is 11.9. The van der Waals surface area contributed by atoms with E-state index in [9.17, 15) is 0 Å². The van der Waals surface area contributed by atoms with Crippen LogP contribution in [0.1, 0.15) is 52.0 Å². The van der Waals surface area contributed by atoms with Crippen LogP contribution in [0.2, 0.25) is 0 Å². The fraction of sp³-hybridized carbons (Fsp3) is 0.571. The summed E-state index contributed by atoms with van der Waals surface area (Å²) in [6, 6.07) is 8.33. The van der Waals surface area contributed by atoms with Crippen LogP contribution in [0.25, 0.3) is 0 Å². The Morgan fingerprint density at radius 1 is 1.00 bits per heavy atom. The molecule has 17 heavy (non-hydrogen) atoms. The molecule has 0 radical (unpaired) electrons. The summed E-state index contributed by atoms with van der Waals surface area (Å²) in [4.78, 5) is 5.33. The van der Waals surface area contributed by atoms with Crippen LogP contribution in [0.3, 0.4) is 0 Å². The van der Waals surface area contributed by atoms with E-state index in [2.05, 4.69) is 42.0 Å². The van der Waals surface area contributed by atoms with E-state index in [4.69, 9.17) is 4.84 Å². The summed E-state index contributed by atoms with van der Waals surface area (Å²) in [6.07, 6.45) is 0.196. The average Bonchev–Trinajstić information content (AvgIpc) is 2.82. The lowest BCUT2D eigenvalue weighted by atomic mass is 10.1. The maximum Gasteiger partial charge on any atom is 0.156 e. The average molecular weight is 238 g/mol. The Morgan fingerprint density at radius 3 is 1.94 bits per heavy atom. The van der Waals surface area contributed by atoms with Crippen LogP contribution in [-0.2, 0) is 4.84 Å². The van der Waals surface area contributed by atoms with E-state index >= 15 is 0 Å². The van der Waals surface area contributed by atoms with Crippen LogP contribution in [0.15, 0.2) is 24.3 Å². The summed E-state index contributed by atoms with van der Waals surface area (Å²) in [5.74, 6) is 0. The maximum atomic E-state index is 5.33. The molecular weight excluding hydrogens is 212 g/mol. The molecule has 1 fully saturated rings. The lowest BCUT2D eigenvalue weighted by Gasteiger charge is -2.08. The van der Waals surface area contributed by atoms with E-state index in [1.165, 1.54) is 5.56 Å². The smallest absolute Gasteiger partial charge is 0.156 e. The standard InChI is InChI=1S/C10H14N2O.2C2H6/c1-7-3-5-9(6-4-7)10-11-8(2)12-13-10;2*1-2/h3-6,8,10-12H,1-2H3;2*1-2H3. The van der Waals surface area contributed by atoms with Gasteiger partial charge in [-0.2, -0.15) is 5.48 Å². The van der Waals surface area contributed by atoms with Crippen molar-refractivity contribution in [1.82, 2.24) is 10.8 Å². The monoisotopic (exact) mass is 238 g/mol. The second-order valence-corrected chi connectivity index (χ2v) is 3.41. The lowest BCUT2D eigenvalue weighted by Crippen LogP contribution is -2.27. The van der Waals surface area contributed by atoms with Crippen molar-refractivity contribution in [3.05, 3.63) is 35.4 Å². The van der Waals surface area contributed by atoms with Gasteiger partial charge in [0, 0.05) is 0 Å². The Hall–Kier alpha value is -0.900. The third-order valence-electron chi connectivity index (χ3n) is 2.14. The van der Waals surface area contributed by atoms with Crippen molar-refractivity contribution in [2.24, 2.45) is 0 Å². The second-order valence-electron chi connectivity index (χ2n) is 3.41. The lowest BCUT2D eigenvalue weighted by molar-refractivity contribution is 0.0226. The molecular formula is C14H26N2O. The van der Waals surface area contributed by atoms with Gasteiger partial charge in [0.15, 0.2) is 6.23 Å². The van der Waals surface area contributed by atoms with E-state index in [1.54, 1.807) is 0 Å². The molecule has 1 aromatic rings. The first-order valence-electron chi connectivity index (χ1n) is 6.49. The third-order valence-corrected chi connectivity index (χ3v) is 2.14. The van der Waals surface area contributed by atoms with Crippen LogP contribution in [0, 0.1) is 6.92 Å². The zero-order valence-corrected chi connectivity index (χ0v) is 11.9. The van der Waals surface area contributed by atoms with E-state index < -0.39 is 0 Å². The molecule has 0 aromatic heterocycles. The minimum Gasteiger partial charge on any atom is -0.276 e. The Morgan fingerprint density at radius 2 is 1.53 bits per heavy atom. The Balaban J connectivity index is 0.000000581. The Bertz CT molecular complexity index is 285. The zero-order chi connectivity index (χ0) is 13.3. The van der Waals surface area contributed by atoms with Crippen LogP contribution < -0.4 is 10.8 Å². The van der Waals surface area contributed by atoms with E-state index in [-0.39, 0.29) is 12.4 Å². The van der Waals surface area contributed by atoms with Crippen LogP contribution in [-0.4, -0.2) is 6.17 Å². The SMILES string of the molecule is CC.CC.Cc1ccc(C2NC(C)NO2)cc1. The Labute approximate surface area is 106 Å². The quantitative estimate of drug-likeness (QED) is 0.785. The van der Waals surface area contributed by atoms with E-state index in [1.807, 2.05) is 34.6 Å². The molecule has 0 saturated carbocycles. The first kappa shape index (κ1) is 16.1. The van der Waals surface area contributed by atoms with Crippen LogP contribution in [0.5, 0.6) is 0 Å². The number of aryl methyl sites for hydroxylation is 1. The van der Waals surface area contributed by atoms with Gasteiger partial charge in [0.05, 0.1) is 6.17 Å². The van der Waals surface area contributed by atoms with E-state index in [0.29, 0.717) is 0 Å². The van der Waals surface area contributed by atoms with Gasteiger partial charge in [0.2, 0.25) is 0 Å². The Kier molecular flexibility index (Phi) is 8.68. The van der Waals surface area contributed by atoms with Crippen molar-refractivity contribution in [2.75, 3.05) is 0 Å². The van der Waals surface area contributed by atoms with Crippen LogP contribution >= 0.6 is 0 Å². The van der Waals surface area contributed by atoms with Gasteiger partial charge in [0.25, 0.3) is 0 Å². The molecule has 3 nitrogen and oxygen atoms in total. The summed E-state index contributed by atoms with van der Waals surface area (Å²) < 4.78 is 0. The normalized spacial score (nSPS) is 22.0. The number of rotatable bonds is 1. The molecule has 1 aliphatic heterocycles. The molecule has 98 valence electrons. The van der Waals surface area contributed by atoms with Gasteiger partial charge < -0.3 is 0 Å². The van der Waals surface area contributed by atoms with Gasteiger partial charge in [-0.3, -0.25) is 10.2 Å². The molecule has 1 saturated heterocycles. The summed E-state index contributed by atoms with van der Waals surface area (Å²) >= 11 is 0. The van der Waals surface area contributed by atoms with Crippen molar-refractivity contribution in [1.29, 1.82) is 0 Å². The molecule has 0 spiro atoms. The van der Waals surface area contributed by atoms with Crippen molar-refractivity contribution < 1.29 is 4.84 Å². The summed E-state index contributed by atoms with van der Waals surface area (Å²) in [5, 5.41) is 3.26. The number of nitrogens with one attached hydrogen (secondary N) is 2. The molecule has 0 bridgehead atoms. The first-order valence-corrected chi connectivity index (χ1v) is 6.49. The molecule has 0 aliphatic carbocycles. The molecule has 2 unspecified atom stereocenters. The predicted molar refractivity (Wildman–Crippen MR) is 73.4 cm³/mol. The highest BCUT2D eigenvalue weighted by Gasteiger charge is 2.21. The van der Waals surface area contributed by atoms with Gasteiger partial charge in [-0.15, -0.1) is 0 Å². The summed E-state index contributed by atoms with van der Waals surface area (Å²) in [6.45, 7) is 12.1. The number of hydrogen-bond donors (Lipinski definition) is 2. The maximum absolute atomic E-state index is 5.33. The fourth-order valence-electron chi connectivity index (χ4n) is 1.37. The van der Waals surface area contributed by atoms with Gasteiger partial charge in [-0.1, -0.05) is 57.5 Å². The number of hydroxylamine groups is 1. The van der Waals surface area contributed by atoms with Crippen molar-refractivity contribution in [2.45, 2.75) is 53.9 Å². The van der Waals surface area contributed by atoms with E-state index in [0.717, 1.165) is 5.56 Å². The van der Waals surface area contributed by atoms with Crippen molar-refractivity contribution >= 4 is 0 Å². The van der Waals surface area contributed by atoms with Gasteiger partial charge in [0.1, 0.15) is 0 Å². The van der Waals surface area contributed by atoms with Gasteiger partial charge in [-0.05, 0) is 19.4 Å². The second kappa shape index (κ2) is 9.16. The molecule has 0 amide bonds. The molecule has 1 aromatic carbocycles. The van der Waals surface area contributed by atoms with Crippen LogP contribution in [0.4, 0.5) is 0 Å². The number of hydrogen-bond acceptors (Lipinski definition) is 3. The highest BCUT2D eigenvalue weighted by Crippen LogP contribution is 2.17. The van der Waals surface area contributed by atoms with Gasteiger partial charge in [-0.25, -0.2) is 0 Å². The van der Waals surface area contributed by atoms with Gasteiger partial charge >= 0.3 is 0 Å². The molecule has 1 heterocycles. The number of benzene rings is 1. The highest BCUT2D eigenvalue weighted by molar-refractivity contribution is 5.23. The molecule has 1 aliphatic rings. The summed E-state index contributed by atoms with van der Waals surface area (Å²) in [7, 11) is 0. The fourth-order valence-corrected chi connectivity index (χ4v) is 1.37. The molecule has 2 rings (SSSR count). The first-order chi connectivity index (χ1) is 8.25. The topological polar surface area (TPSA) is 33.3 Å². The van der Waals surface area contributed by atoms with Crippen molar-refractivity contribution in [3.8, 4) is 0 Å². The van der Waals surface area contributed by atoms with Crippen molar-refractivity contribution in [3.63, 3.8) is 0 Å². The molecule has 2 N–H and O–H groups in total. The largest absolute Gasteiger partial charge is 0.276 e.